The first kappa shape index (κ1) is 19.9. The molecule has 3 rings (SSSR count). The smallest absolute Gasteiger partial charge is 0.237 e. The molecule has 2 heterocycles. The van der Waals surface area contributed by atoms with Crippen molar-refractivity contribution in [2.45, 2.75) is 45.6 Å². The standard InChI is InChI=1S/C22H33N3O2/c1-2-24(17-19-9-5-3-6-10-19)21(26)18-23-15-11-20(12-16-23)22(27)25-13-7-4-8-14-25/h3,5-6,9-10,20H,2,4,7-8,11-18H2,1H3. The van der Waals surface area contributed by atoms with Gasteiger partial charge in [-0.25, -0.2) is 0 Å². The number of likely N-dealkylation sites (tertiary alicyclic amines) is 2. The third-order valence-corrected chi connectivity index (χ3v) is 5.91. The van der Waals surface area contributed by atoms with Crippen molar-refractivity contribution in [1.82, 2.24) is 14.7 Å². The van der Waals surface area contributed by atoms with Crippen LogP contribution < -0.4 is 0 Å². The summed E-state index contributed by atoms with van der Waals surface area (Å²) in [5, 5.41) is 0. The van der Waals surface area contributed by atoms with Crippen LogP contribution in [0.2, 0.25) is 0 Å². The van der Waals surface area contributed by atoms with E-state index in [2.05, 4.69) is 21.9 Å². The average Bonchev–Trinajstić information content (AvgIpc) is 2.73. The lowest BCUT2D eigenvalue weighted by Crippen LogP contribution is -2.47. The minimum Gasteiger partial charge on any atom is -0.342 e. The van der Waals surface area contributed by atoms with E-state index in [0.29, 0.717) is 19.0 Å². The highest BCUT2D eigenvalue weighted by Gasteiger charge is 2.30. The van der Waals surface area contributed by atoms with Crippen LogP contribution in [0.3, 0.4) is 0 Å². The Labute approximate surface area is 163 Å². The largest absolute Gasteiger partial charge is 0.342 e. The molecule has 0 N–H and O–H groups in total. The lowest BCUT2D eigenvalue weighted by Gasteiger charge is -2.36. The minimum absolute atomic E-state index is 0.154. The average molecular weight is 372 g/mol. The fourth-order valence-corrected chi connectivity index (χ4v) is 4.18. The summed E-state index contributed by atoms with van der Waals surface area (Å²) in [6, 6.07) is 10.1. The molecular weight excluding hydrogens is 338 g/mol. The Morgan fingerprint density at radius 3 is 2.30 bits per heavy atom. The molecule has 2 saturated heterocycles. The van der Waals surface area contributed by atoms with Gasteiger partial charge in [-0.2, -0.15) is 0 Å². The zero-order valence-corrected chi connectivity index (χ0v) is 16.6. The number of carbonyl (C=O) groups is 2. The number of rotatable bonds is 6. The van der Waals surface area contributed by atoms with Crippen LogP contribution in [-0.2, 0) is 16.1 Å². The second-order valence-electron chi connectivity index (χ2n) is 7.83. The van der Waals surface area contributed by atoms with Crippen LogP contribution in [-0.4, -0.2) is 65.8 Å². The Morgan fingerprint density at radius 2 is 1.67 bits per heavy atom. The molecule has 2 fully saturated rings. The van der Waals surface area contributed by atoms with Crippen LogP contribution in [0.25, 0.3) is 0 Å². The van der Waals surface area contributed by atoms with Gasteiger partial charge < -0.3 is 9.80 Å². The number of hydrogen-bond donors (Lipinski definition) is 0. The fraction of sp³-hybridized carbons (Fsp3) is 0.636. The van der Waals surface area contributed by atoms with Crippen LogP contribution >= 0.6 is 0 Å². The van der Waals surface area contributed by atoms with Crippen LogP contribution in [0, 0.1) is 5.92 Å². The first-order chi connectivity index (χ1) is 13.2. The lowest BCUT2D eigenvalue weighted by molar-refractivity contribution is -0.138. The van der Waals surface area contributed by atoms with E-state index in [1.165, 1.54) is 12.0 Å². The van der Waals surface area contributed by atoms with Crippen molar-refractivity contribution >= 4 is 11.8 Å². The molecule has 2 aliphatic heterocycles. The molecule has 148 valence electrons. The molecule has 0 spiro atoms. The Kier molecular flexibility index (Phi) is 7.27. The molecule has 27 heavy (non-hydrogen) atoms. The van der Waals surface area contributed by atoms with Gasteiger partial charge in [0.15, 0.2) is 0 Å². The second-order valence-corrected chi connectivity index (χ2v) is 7.83. The molecule has 5 nitrogen and oxygen atoms in total. The van der Waals surface area contributed by atoms with E-state index < -0.39 is 0 Å². The van der Waals surface area contributed by atoms with Crippen molar-refractivity contribution in [3.05, 3.63) is 35.9 Å². The van der Waals surface area contributed by atoms with Crippen LogP contribution in [0.4, 0.5) is 0 Å². The molecule has 0 bridgehead atoms. The van der Waals surface area contributed by atoms with Gasteiger partial charge in [-0.05, 0) is 57.7 Å². The van der Waals surface area contributed by atoms with E-state index in [9.17, 15) is 9.59 Å². The maximum atomic E-state index is 12.7. The lowest BCUT2D eigenvalue weighted by atomic mass is 9.94. The predicted octanol–water partition coefficient (Wildman–Crippen LogP) is 2.76. The van der Waals surface area contributed by atoms with Crippen LogP contribution in [0.1, 0.15) is 44.6 Å². The van der Waals surface area contributed by atoms with Crippen molar-refractivity contribution < 1.29 is 9.59 Å². The molecular formula is C22H33N3O2. The summed E-state index contributed by atoms with van der Waals surface area (Å²) >= 11 is 0. The highest BCUT2D eigenvalue weighted by atomic mass is 16.2. The normalized spacial score (nSPS) is 19.1. The van der Waals surface area contributed by atoms with Crippen molar-refractivity contribution in [3.63, 3.8) is 0 Å². The monoisotopic (exact) mass is 371 g/mol. The quantitative estimate of drug-likeness (QED) is 0.772. The molecule has 0 aliphatic carbocycles. The van der Waals surface area contributed by atoms with Crippen molar-refractivity contribution in [2.75, 3.05) is 39.3 Å². The number of likely N-dealkylation sites (N-methyl/N-ethyl adjacent to an activating group) is 1. The Bertz CT molecular complexity index is 605. The molecule has 1 aromatic carbocycles. The van der Waals surface area contributed by atoms with Gasteiger partial charge in [-0.3, -0.25) is 14.5 Å². The summed E-state index contributed by atoms with van der Waals surface area (Å²) in [5.74, 6) is 0.683. The third kappa shape index (κ3) is 5.55. The highest BCUT2D eigenvalue weighted by Crippen LogP contribution is 2.22. The summed E-state index contributed by atoms with van der Waals surface area (Å²) in [7, 11) is 0. The molecule has 0 aromatic heterocycles. The first-order valence-electron chi connectivity index (χ1n) is 10.5. The number of carbonyl (C=O) groups excluding carboxylic acids is 2. The van der Waals surface area contributed by atoms with Crippen LogP contribution in [0.15, 0.2) is 30.3 Å². The second kappa shape index (κ2) is 9.88. The van der Waals surface area contributed by atoms with E-state index in [1.807, 2.05) is 30.0 Å². The Balaban J connectivity index is 1.45. The zero-order chi connectivity index (χ0) is 19.1. The van der Waals surface area contributed by atoms with E-state index in [0.717, 1.165) is 58.4 Å². The number of nitrogens with zero attached hydrogens (tertiary/aromatic N) is 3. The molecule has 0 unspecified atom stereocenters. The van der Waals surface area contributed by atoms with Gasteiger partial charge in [0, 0.05) is 32.1 Å². The molecule has 1 aromatic rings. The Morgan fingerprint density at radius 1 is 1.00 bits per heavy atom. The van der Waals surface area contributed by atoms with Gasteiger partial charge in [0.25, 0.3) is 0 Å². The third-order valence-electron chi connectivity index (χ3n) is 5.91. The predicted molar refractivity (Wildman–Crippen MR) is 107 cm³/mol. The van der Waals surface area contributed by atoms with Gasteiger partial charge >= 0.3 is 0 Å². The Hall–Kier alpha value is -1.88. The molecule has 2 amide bonds. The topological polar surface area (TPSA) is 43.9 Å². The van der Waals surface area contributed by atoms with E-state index in [1.54, 1.807) is 0 Å². The van der Waals surface area contributed by atoms with Crippen molar-refractivity contribution in [3.8, 4) is 0 Å². The SMILES string of the molecule is CCN(Cc1ccccc1)C(=O)CN1CCC(C(=O)N2CCCCC2)CC1. The summed E-state index contributed by atoms with van der Waals surface area (Å²) in [5.41, 5.74) is 1.17. The molecule has 0 saturated carbocycles. The number of benzene rings is 1. The van der Waals surface area contributed by atoms with Crippen molar-refractivity contribution in [1.29, 1.82) is 0 Å². The van der Waals surface area contributed by atoms with Gasteiger partial charge in [0.05, 0.1) is 6.54 Å². The minimum atomic E-state index is 0.154. The van der Waals surface area contributed by atoms with Gasteiger partial charge in [-0.1, -0.05) is 30.3 Å². The maximum Gasteiger partial charge on any atom is 0.237 e. The molecule has 2 aliphatic rings. The summed E-state index contributed by atoms with van der Waals surface area (Å²) < 4.78 is 0. The summed E-state index contributed by atoms with van der Waals surface area (Å²) in [6.45, 7) is 7.44. The van der Waals surface area contributed by atoms with E-state index >= 15 is 0 Å². The molecule has 0 radical (unpaired) electrons. The van der Waals surface area contributed by atoms with E-state index in [4.69, 9.17) is 0 Å². The zero-order valence-electron chi connectivity index (χ0n) is 16.6. The number of amides is 2. The number of hydrogen-bond acceptors (Lipinski definition) is 3. The summed E-state index contributed by atoms with van der Waals surface area (Å²) in [4.78, 5) is 31.6. The van der Waals surface area contributed by atoms with E-state index in [-0.39, 0.29) is 11.8 Å². The van der Waals surface area contributed by atoms with Crippen LogP contribution in [0.5, 0.6) is 0 Å². The highest BCUT2D eigenvalue weighted by molar-refractivity contribution is 5.79. The van der Waals surface area contributed by atoms with Crippen molar-refractivity contribution in [2.24, 2.45) is 5.92 Å². The first-order valence-corrected chi connectivity index (χ1v) is 10.5. The molecule has 0 atom stereocenters. The summed E-state index contributed by atoms with van der Waals surface area (Å²) in [6.07, 6.45) is 5.31. The van der Waals surface area contributed by atoms with Gasteiger partial charge in [0.1, 0.15) is 0 Å². The van der Waals surface area contributed by atoms with Gasteiger partial charge in [0.2, 0.25) is 11.8 Å². The number of piperidine rings is 2. The van der Waals surface area contributed by atoms with Gasteiger partial charge in [-0.15, -0.1) is 0 Å². The molecule has 5 heteroatoms. The fourth-order valence-electron chi connectivity index (χ4n) is 4.18. The maximum absolute atomic E-state index is 12.7.